The summed E-state index contributed by atoms with van der Waals surface area (Å²) in [5.74, 6) is 0. The minimum absolute atomic E-state index is 0.807. The van der Waals surface area contributed by atoms with Crippen molar-refractivity contribution in [2.75, 3.05) is 5.38 Å². The van der Waals surface area contributed by atoms with Gasteiger partial charge in [-0.05, 0) is 5.38 Å². The van der Waals surface area contributed by atoms with Crippen molar-refractivity contribution in [2.45, 2.75) is 32.5 Å². The Morgan fingerprint density at radius 3 is 1.62 bits per heavy atom. The van der Waals surface area contributed by atoms with Gasteiger partial charge in [-0.2, -0.15) is 12.6 Å². The van der Waals surface area contributed by atoms with Crippen molar-refractivity contribution < 1.29 is 0 Å². The van der Waals surface area contributed by atoms with Gasteiger partial charge in [-0.25, -0.2) is 0 Å². The van der Waals surface area contributed by atoms with E-state index in [2.05, 4.69) is 33.0 Å². The van der Waals surface area contributed by atoms with Crippen LogP contribution in [-0.4, -0.2) is 13.5 Å². The molecule has 0 heterocycles. The maximum absolute atomic E-state index is 4.32. The molecular formula is C6H16SSi. The Labute approximate surface area is 59.1 Å². The van der Waals surface area contributed by atoms with Crippen molar-refractivity contribution in [3.8, 4) is 0 Å². The summed E-state index contributed by atoms with van der Waals surface area (Å²) in [6, 6.07) is 2.76. The van der Waals surface area contributed by atoms with Crippen molar-refractivity contribution in [3.05, 3.63) is 0 Å². The summed E-state index contributed by atoms with van der Waals surface area (Å²) in [5.41, 5.74) is 0. The first-order valence-electron chi connectivity index (χ1n) is 3.29. The predicted octanol–water partition coefficient (Wildman–Crippen LogP) is 2.57. The van der Waals surface area contributed by atoms with Crippen molar-refractivity contribution in [1.82, 2.24) is 0 Å². The van der Waals surface area contributed by atoms with E-state index in [0.717, 1.165) is 5.38 Å². The van der Waals surface area contributed by atoms with E-state index >= 15 is 0 Å². The van der Waals surface area contributed by atoms with Crippen LogP contribution >= 0.6 is 12.6 Å². The van der Waals surface area contributed by atoms with Crippen LogP contribution in [0.25, 0.3) is 0 Å². The lowest BCUT2D eigenvalue weighted by Gasteiger charge is -2.20. The second-order valence-corrected chi connectivity index (χ2v) is 8.98. The number of rotatable bonds is 3. The highest BCUT2D eigenvalue weighted by Crippen LogP contribution is 2.14. The molecule has 0 bridgehead atoms. The van der Waals surface area contributed by atoms with Gasteiger partial charge >= 0.3 is 0 Å². The molecule has 0 unspecified atom stereocenters. The third-order valence-corrected chi connectivity index (χ3v) is 8.56. The maximum atomic E-state index is 4.32. The molecule has 0 nitrogen and oxygen atoms in total. The molecular weight excluding hydrogens is 132 g/mol. The van der Waals surface area contributed by atoms with Gasteiger partial charge in [0.1, 0.15) is 0 Å². The summed E-state index contributed by atoms with van der Waals surface area (Å²) in [5, 5.41) is 1.15. The number of hydrogen-bond donors (Lipinski definition) is 1. The van der Waals surface area contributed by atoms with Crippen LogP contribution in [0.1, 0.15) is 13.8 Å². The Bertz CT molecular complexity index is 51.3. The highest BCUT2D eigenvalue weighted by Gasteiger charge is 2.18. The number of thiol groups is 1. The fraction of sp³-hybridized carbons (Fsp3) is 1.00. The molecule has 0 radical (unpaired) electrons. The Hall–Kier alpha value is 0.567. The first kappa shape index (κ1) is 8.57. The molecule has 0 spiro atoms. The highest BCUT2D eigenvalue weighted by atomic mass is 32.1. The van der Waals surface area contributed by atoms with E-state index in [4.69, 9.17) is 0 Å². The van der Waals surface area contributed by atoms with E-state index in [9.17, 15) is 0 Å². The quantitative estimate of drug-likeness (QED) is 0.461. The molecule has 8 heavy (non-hydrogen) atoms. The first-order chi connectivity index (χ1) is 3.68. The van der Waals surface area contributed by atoms with Gasteiger partial charge in [-0.15, -0.1) is 0 Å². The zero-order chi connectivity index (χ0) is 6.62. The lowest BCUT2D eigenvalue weighted by molar-refractivity contribution is 1.25. The Kier molecular flexibility index (Phi) is 3.82. The summed E-state index contributed by atoms with van der Waals surface area (Å²) >= 11 is 4.32. The molecule has 0 amide bonds. The van der Waals surface area contributed by atoms with E-state index in [1.54, 1.807) is 0 Å². The van der Waals surface area contributed by atoms with E-state index in [1.807, 2.05) is 0 Å². The van der Waals surface area contributed by atoms with E-state index in [1.165, 1.54) is 12.1 Å². The maximum Gasteiger partial charge on any atom is 0.0600 e. The zero-order valence-corrected chi connectivity index (χ0v) is 7.96. The largest absolute Gasteiger partial charge is 0.182 e. The molecule has 0 atom stereocenters. The van der Waals surface area contributed by atoms with Crippen LogP contribution in [0.3, 0.4) is 0 Å². The fourth-order valence-corrected chi connectivity index (χ4v) is 2.76. The van der Waals surface area contributed by atoms with E-state index < -0.39 is 8.07 Å². The second-order valence-electron chi connectivity index (χ2n) is 2.68. The SMILES string of the molecule is CC[Si](C)(CC)CS. The smallest absolute Gasteiger partial charge is 0.0600 e. The highest BCUT2D eigenvalue weighted by molar-refractivity contribution is 7.82. The molecule has 0 aliphatic heterocycles. The van der Waals surface area contributed by atoms with Gasteiger partial charge in [0.25, 0.3) is 0 Å². The summed E-state index contributed by atoms with van der Waals surface area (Å²) in [6.07, 6.45) is 0. The van der Waals surface area contributed by atoms with Crippen LogP contribution < -0.4 is 0 Å². The molecule has 0 aliphatic carbocycles. The van der Waals surface area contributed by atoms with Crippen LogP contribution in [0.2, 0.25) is 18.6 Å². The molecule has 0 aromatic rings. The van der Waals surface area contributed by atoms with Crippen LogP contribution in [0.4, 0.5) is 0 Å². The Morgan fingerprint density at radius 2 is 1.62 bits per heavy atom. The topological polar surface area (TPSA) is 0 Å². The van der Waals surface area contributed by atoms with Gasteiger partial charge in [0.15, 0.2) is 0 Å². The third kappa shape index (κ3) is 2.22. The van der Waals surface area contributed by atoms with Crippen LogP contribution in [-0.2, 0) is 0 Å². The third-order valence-electron chi connectivity index (χ3n) is 2.09. The molecule has 0 aromatic heterocycles. The van der Waals surface area contributed by atoms with Gasteiger partial charge < -0.3 is 0 Å². The Morgan fingerprint density at radius 1 is 1.25 bits per heavy atom. The molecule has 0 saturated carbocycles. The van der Waals surface area contributed by atoms with Gasteiger partial charge in [0.2, 0.25) is 0 Å². The summed E-state index contributed by atoms with van der Waals surface area (Å²) < 4.78 is 0. The molecule has 0 saturated heterocycles. The van der Waals surface area contributed by atoms with Crippen LogP contribution in [0.15, 0.2) is 0 Å². The lowest BCUT2D eigenvalue weighted by Crippen LogP contribution is -2.30. The molecule has 0 N–H and O–H groups in total. The van der Waals surface area contributed by atoms with Crippen molar-refractivity contribution in [3.63, 3.8) is 0 Å². The van der Waals surface area contributed by atoms with E-state index in [0.29, 0.717) is 0 Å². The zero-order valence-electron chi connectivity index (χ0n) is 6.07. The minimum Gasteiger partial charge on any atom is -0.182 e. The van der Waals surface area contributed by atoms with Crippen LogP contribution in [0, 0.1) is 0 Å². The molecule has 50 valence electrons. The summed E-state index contributed by atoms with van der Waals surface area (Å²) in [4.78, 5) is 0. The molecule has 0 aromatic carbocycles. The molecule has 2 heteroatoms. The monoisotopic (exact) mass is 148 g/mol. The average Bonchev–Trinajstić information content (AvgIpc) is 1.87. The van der Waals surface area contributed by atoms with Gasteiger partial charge in [-0.1, -0.05) is 32.5 Å². The van der Waals surface area contributed by atoms with Gasteiger partial charge in [0, 0.05) is 0 Å². The number of hydrogen-bond acceptors (Lipinski definition) is 1. The van der Waals surface area contributed by atoms with Crippen molar-refractivity contribution in [2.24, 2.45) is 0 Å². The minimum atomic E-state index is -0.807. The molecule has 0 fully saturated rings. The first-order valence-corrected chi connectivity index (χ1v) is 7.04. The fourth-order valence-electron chi connectivity index (χ4n) is 0.474. The van der Waals surface area contributed by atoms with Gasteiger partial charge in [-0.3, -0.25) is 0 Å². The summed E-state index contributed by atoms with van der Waals surface area (Å²) in [6.45, 7) is 6.98. The normalized spacial score (nSPS) is 12.0. The predicted molar refractivity (Wildman–Crippen MR) is 46.4 cm³/mol. The Balaban J connectivity index is 3.58. The molecule has 0 aliphatic rings. The van der Waals surface area contributed by atoms with Crippen molar-refractivity contribution in [1.29, 1.82) is 0 Å². The second kappa shape index (κ2) is 3.57. The van der Waals surface area contributed by atoms with E-state index in [-0.39, 0.29) is 0 Å². The lowest BCUT2D eigenvalue weighted by atomic mass is 10.9. The standard InChI is InChI=1S/C6H16SSi/c1-4-8(3,5-2)6-7/h7H,4-6H2,1-3H3. The molecule has 0 rings (SSSR count). The van der Waals surface area contributed by atoms with Crippen molar-refractivity contribution >= 4 is 20.7 Å². The summed E-state index contributed by atoms with van der Waals surface area (Å²) in [7, 11) is -0.807. The van der Waals surface area contributed by atoms with Crippen LogP contribution in [0.5, 0.6) is 0 Å². The van der Waals surface area contributed by atoms with Gasteiger partial charge in [0.05, 0.1) is 8.07 Å². The average molecular weight is 148 g/mol.